The number of amides is 2. The van der Waals surface area contributed by atoms with Crippen LogP contribution in [0.1, 0.15) is 25.3 Å². The van der Waals surface area contributed by atoms with E-state index >= 15 is 0 Å². The van der Waals surface area contributed by atoms with Crippen LogP contribution in [0.15, 0.2) is 36.7 Å². The van der Waals surface area contributed by atoms with Crippen molar-refractivity contribution in [2.45, 2.75) is 19.8 Å². The van der Waals surface area contributed by atoms with Crippen molar-refractivity contribution < 1.29 is 4.79 Å². The minimum atomic E-state index is -0.315. The molecule has 138 valence electrons. The Bertz CT molecular complexity index is 738. The predicted octanol–water partition coefficient (Wildman–Crippen LogP) is 3.00. The molecule has 7 heteroatoms. The molecule has 0 spiro atoms. The van der Waals surface area contributed by atoms with Crippen LogP contribution in [-0.2, 0) is 0 Å². The van der Waals surface area contributed by atoms with Gasteiger partial charge in [-0.1, -0.05) is 26.0 Å². The predicted molar refractivity (Wildman–Crippen MR) is 105 cm³/mol. The lowest BCUT2D eigenvalue weighted by molar-refractivity contribution is 0.262. The number of hydrogen-bond donors (Lipinski definition) is 2. The number of rotatable bonds is 4. The molecule has 2 amide bonds. The molecule has 7 nitrogen and oxygen atoms in total. The highest BCUT2D eigenvalue weighted by atomic mass is 16.2. The van der Waals surface area contributed by atoms with Gasteiger partial charge in [0.2, 0.25) is 0 Å². The van der Waals surface area contributed by atoms with Gasteiger partial charge in [0.05, 0.1) is 0 Å². The van der Waals surface area contributed by atoms with Gasteiger partial charge in [0.25, 0.3) is 0 Å². The van der Waals surface area contributed by atoms with Gasteiger partial charge in [0.1, 0.15) is 18.0 Å². The molecule has 1 aliphatic heterocycles. The Balaban J connectivity index is 1.59. The third kappa shape index (κ3) is 4.70. The lowest BCUT2D eigenvalue weighted by Crippen LogP contribution is -2.44. The number of likely N-dealkylation sites (N-methyl/N-ethyl adjacent to an activating group) is 1. The van der Waals surface area contributed by atoms with Gasteiger partial charge in [0, 0.05) is 37.9 Å². The van der Waals surface area contributed by atoms with Crippen molar-refractivity contribution >= 4 is 23.4 Å². The molecule has 26 heavy (non-hydrogen) atoms. The summed E-state index contributed by atoms with van der Waals surface area (Å²) in [4.78, 5) is 25.2. The first-order valence-corrected chi connectivity index (χ1v) is 8.95. The van der Waals surface area contributed by atoms with Crippen LogP contribution in [0, 0.1) is 0 Å². The molecule has 0 unspecified atom stereocenters. The molecule has 0 saturated carbocycles. The lowest BCUT2D eigenvalue weighted by Gasteiger charge is -2.33. The smallest absolute Gasteiger partial charge is 0.324 e. The fraction of sp³-hybridized carbons (Fsp3) is 0.421. The van der Waals surface area contributed by atoms with Crippen LogP contribution in [0.4, 0.5) is 22.1 Å². The molecule has 1 fully saturated rings. The first-order valence-electron chi connectivity index (χ1n) is 8.95. The fourth-order valence-corrected chi connectivity index (χ4v) is 2.85. The van der Waals surface area contributed by atoms with Gasteiger partial charge in [-0.15, -0.1) is 0 Å². The number of nitrogens with zero attached hydrogens (tertiary/aromatic N) is 4. The van der Waals surface area contributed by atoms with E-state index in [1.165, 1.54) is 11.9 Å². The van der Waals surface area contributed by atoms with Crippen molar-refractivity contribution in [3.8, 4) is 0 Å². The zero-order valence-corrected chi connectivity index (χ0v) is 15.6. The van der Waals surface area contributed by atoms with Crippen LogP contribution in [0.2, 0.25) is 0 Å². The summed E-state index contributed by atoms with van der Waals surface area (Å²) in [5.74, 6) is 1.79. The largest absolute Gasteiger partial charge is 0.354 e. The van der Waals surface area contributed by atoms with E-state index in [0.717, 1.165) is 37.7 Å². The van der Waals surface area contributed by atoms with E-state index in [1.807, 2.05) is 30.3 Å². The van der Waals surface area contributed by atoms with Crippen molar-refractivity contribution in [2.24, 2.45) is 0 Å². The quantitative estimate of drug-likeness (QED) is 0.883. The Labute approximate surface area is 154 Å². The van der Waals surface area contributed by atoms with Crippen molar-refractivity contribution in [1.82, 2.24) is 14.9 Å². The Morgan fingerprint density at radius 1 is 1.04 bits per heavy atom. The second-order valence-electron chi connectivity index (χ2n) is 6.91. The topological polar surface area (TPSA) is 73.4 Å². The molecule has 1 saturated heterocycles. The number of nitrogens with one attached hydrogen (secondary N) is 2. The summed E-state index contributed by atoms with van der Waals surface area (Å²) in [6.07, 6.45) is 1.49. The number of anilines is 3. The summed E-state index contributed by atoms with van der Waals surface area (Å²) >= 11 is 0. The summed E-state index contributed by atoms with van der Waals surface area (Å²) in [6, 6.07) is 9.36. The summed E-state index contributed by atoms with van der Waals surface area (Å²) in [5.41, 5.74) is 1.99. The summed E-state index contributed by atoms with van der Waals surface area (Å²) in [7, 11) is 2.11. The van der Waals surface area contributed by atoms with Crippen molar-refractivity contribution in [1.29, 1.82) is 0 Å². The van der Waals surface area contributed by atoms with E-state index in [2.05, 4.69) is 51.3 Å². The normalized spacial score (nSPS) is 15.2. The highest BCUT2D eigenvalue weighted by Crippen LogP contribution is 2.18. The zero-order valence-electron chi connectivity index (χ0n) is 15.6. The Hall–Kier alpha value is -2.67. The van der Waals surface area contributed by atoms with E-state index < -0.39 is 0 Å². The molecular formula is C19H26N6O. The molecule has 1 aromatic heterocycles. The Kier molecular flexibility index (Phi) is 5.68. The number of aromatic nitrogens is 2. The number of carbonyl (C=O) groups is 1. The van der Waals surface area contributed by atoms with Gasteiger partial charge in [-0.2, -0.15) is 0 Å². The monoisotopic (exact) mass is 354 g/mol. The molecule has 3 rings (SSSR count). The van der Waals surface area contributed by atoms with Crippen LogP contribution < -0.4 is 15.5 Å². The first kappa shape index (κ1) is 18.1. The average Bonchev–Trinajstić information content (AvgIpc) is 2.63. The maximum Gasteiger partial charge on any atom is 0.324 e. The number of urea groups is 1. The van der Waals surface area contributed by atoms with Gasteiger partial charge in [-0.3, -0.25) is 5.32 Å². The lowest BCUT2D eigenvalue weighted by atomic mass is 10.0. The van der Waals surface area contributed by atoms with Crippen LogP contribution in [-0.4, -0.2) is 54.1 Å². The Morgan fingerprint density at radius 2 is 1.73 bits per heavy atom. The molecule has 0 atom stereocenters. The third-order valence-electron chi connectivity index (χ3n) is 4.56. The van der Waals surface area contributed by atoms with Crippen LogP contribution in [0.5, 0.6) is 0 Å². The highest BCUT2D eigenvalue weighted by molar-refractivity contribution is 5.99. The summed E-state index contributed by atoms with van der Waals surface area (Å²) < 4.78 is 0. The molecule has 2 aromatic rings. The van der Waals surface area contributed by atoms with Crippen molar-refractivity contribution in [3.63, 3.8) is 0 Å². The number of piperazine rings is 1. The Morgan fingerprint density at radius 3 is 2.38 bits per heavy atom. The van der Waals surface area contributed by atoms with Crippen LogP contribution in [0.25, 0.3) is 0 Å². The second kappa shape index (κ2) is 8.14. The first-order chi connectivity index (χ1) is 12.5. The average molecular weight is 354 g/mol. The summed E-state index contributed by atoms with van der Waals surface area (Å²) in [5, 5.41) is 5.61. The van der Waals surface area contributed by atoms with E-state index in [-0.39, 0.29) is 6.03 Å². The van der Waals surface area contributed by atoms with Gasteiger partial charge in [0.15, 0.2) is 0 Å². The highest BCUT2D eigenvalue weighted by Gasteiger charge is 2.16. The molecule has 0 bridgehead atoms. The van der Waals surface area contributed by atoms with E-state index in [9.17, 15) is 4.79 Å². The number of hydrogen-bond acceptors (Lipinski definition) is 5. The number of benzene rings is 1. The van der Waals surface area contributed by atoms with Gasteiger partial charge in [-0.05, 0) is 30.7 Å². The molecule has 1 aliphatic rings. The molecule has 0 radical (unpaired) electrons. The second-order valence-corrected chi connectivity index (χ2v) is 6.91. The van der Waals surface area contributed by atoms with E-state index in [0.29, 0.717) is 11.7 Å². The fourth-order valence-electron chi connectivity index (χ4n) is 2.85. The third-order valence-corrected chi connectivity index (χ3v) is 4.56. The molecule has 1 aromatic carbocycles. The van der Waals surface area contributed by atoms with E-state index in [1.54, 1.807) is 0 Å². The van der Waals surface area contributed by atoms with Crippen molar-refractivity contribution in [2.75, 3.05) is 48.8 Å². The molecule has 0 aliphatic carbocycles. The molecule has 2 heterocycles. The number of carbonyl (C=O) groups excluding carboxylic acids is 1. The maximum atomic E-state index is 12.2. The van der Waals surface area contributed by atoms with Crippen LogP contribution in [0.3, 0.4) is 0 Å². The van der Waals surface area contributed by atoms with Crippen molar-refractivity contribution in [3.05, 3.63) is 42.2 Å². The minimum Gasteiger partial charge on any atom is -0.354 e. The van der Waals surface area contributed by atoms with E-state index in [4.69, 9.17) is 0 Å². The standard InChI is InChI=1S/C19H26N6O/c1-14(2)15-4-6-16(7-5-15)22-19(26)23-17-12-18(21-13-20-17)25-10-8-24(3)9-11-25/h4-7,12-14H,8-11H2,1-3H3,(H2,20,21,22,23,26). The molecule has 2 N–H and O–H groups in total. The summed E-state index contributed by atoms with van der Waals surface area (Å²) in [6.45, 7) is 8.12. The molecular weight excluding hydrogens is 328 g/mol. The van der Waals surface area contributed by atoms with Gasteiger partial charge < -0.3 is 15.1 Å². The zero-order chi connectivity index (χ0) is 18.5. The van der Waals surface area contributed by atoms with Gasteiger partial charge in [-0.25, -0.2) is 14.8 Å². The van der Waals surface area contributed by atoms with Crippen LogP contribution >= 0.6 is 0 Å². The van der Waals surface area contributed by atoms with Gasteiger partial charge >= 0.3 is 6.03 Å². The minimum absolute atomic E-state index is 0.315. The SMILES string of the molecule is CC(C)c1ccc(NC(=O)Nc2cc(N3CCN(C)CC3)ncn2)cc1. The maximum absolute atomic E-state index is 12.2.